The number of benzene rings is 11. The van der Waals surface area contributed by atoms with Crippen molar-refractivity contribution >= 4 is 161 Å². The molecule has 0 fully saturated rings. The lowest BCUT2D eigenvalue weighted by atomic mass is 9.34. The minimum atomic E-state index is -0.0598. The maximum atomic E-state index is 6.84. The van der Waals surface area contributed by atoms with Gasteiger partial charge in [0.05, 0.1) is 16.7 Å². The molecule has 0 bridgehead atoms. The van der Waals surface area contributed by atoms with Crippen LogP contribution in [-0.4, -0.2) is 18.0 Å². The summed E-state index contributed by atoms with van der Waals surface area (Å²) in [4.78, 5) is 8.79. The van der Waals surface area contributed by atoms with Crippen molar-refractivity contribution in [3.8, 4) is 27.6 Å². The van der Waals surface area contributed by atoms with Crippen molar-refractivity contribution < 1.29 is 4.74 Å². The molecule has 4 aliphatic heterocycles. The molecule has 9 heteroatoms. The summed E-state index contributed by atoms with van der Waals surface area (Å²) in [5.74, 6) is 1.81. The number of thiophene rings is 2. The highest BCUT2D eigenvalue weighted by atomic mass is 32.1. The van der Waals surface area contributed by atoms with E-state index >= 15 is 0 Å². The molecule has 0 unspecified atom stereocenters. The summed E-state index contributed by atoms with van der Waals surface area (Å²) in [6, 6.07) is 94.5. The Labute approximate surface area is 464 Å². The predicted molar refractivity (Wildman–Crippen MR) is 337 cm³/mol. The summed E-state index contributed by atoms with van der Waals surface area (Å²) in [5, 5.41) is 4.99. The van der Waals surface area contributed by atoms with E-state index in [4.69, 9.17) is 4.74 Å². The zero-order chi connectivity index (χ0) is 51.4. The first-order valence-electron chi connectivity index (χ1n) is 27.1. The van der Waals surface area contributed by atoms with Gasteiger partial charge in [0.1, 0.15) is 11.5 Å². The van der Waals surface area contributed by atoms with Crippen LogP contribution in [0.4, 0.5) is 51.2 Å². The van der Waals surface area contributed by atoms with Gasteiger partial charge in [-0.2, -0.15) is 0 Å². The van der Waals surface area contributed by atoms with Gasteiger partial charge in [0.15, 0.2) is 0 Å². The number of hydrogen-bond acceptors (Lipinski definition) is 6. The van der Waals surface area contributed by atoms with E-state index in [2.05, 4.69) is 274 Å². The zero-order valence-corrected chi connectivity index (χ0v) is 44.1. The number of ether oxygens (including phenoxy) is 1. The quantitative estimate of drug-likeness (QED) is 0.160. The van der Waals surface area contributed by atoms with E-state index in [1.807, 2.05) is 22.7 Å². The van der Waals surface area contributed by atoms with Crippen LogP contribution >= 0.6 is 22.7 Å². The van der Waals surface area contributed by atoms with E-state index < -0.39 is 0 Å². The van der Waals surface area contributed by atoms with Gasteiger partial charge in [0.2, 0.25) is 0 Å². The molecule has 366 valence electrons. The van der Waals surface area contributed by atoms with E-state index in [0.717, 1.165) is 56.7 Å². The highest BCUT2D eigenvalue weighted by molar-refractivity contribution is 7.31. The number of hydrogen-bond donors (Lipinski definition) is 0. The highest BCUT2D eigenvalue weighted by Gasteiger charge is 2.46. The van der Waals surface area contributed by atoms with Crippen LogP contribution in [0.5, 0.6) is 11.5 Å². The van der Waals surface area contributed by atoms with Crippen LogP contribution in [0.3, 0.4) is 0 Å². The van der Waals surface area contributed by atoms with Gasteiger partial charge >= 0.3 is 0 Å². The fourth-order valence-corrected chi connectivity index (χ4v) is 16.1. The summed E-state index contributed by atoms with van der Waals surface area (Å²) in [7, 11) is 0. The molecule has 4 aliphatic rings. The third-order valence-electron chi connectivity index (χ3n) is 17.0. The minimum Gasteiger partial charge on any atom is -0.458 e. The van der Waals surface area contributed by atoms with Gasteiger partial charge in [-0.05, 0) is 142 Å². The van der Waals surface area contributed by atoms with Gasteiger partial charge in [0, 0.05) is 91.8 Å². The van der Waals surface area contributed by atoms with Gasteiger partial charge in [-0.25, -0.2) is 0 Å². The molecule has 0 atom stereocenters. The minimum absolute atomic E-state index is 0.0575. The number of rotatable bonds is 5. The first-order valence-corrected chi connectivity index (χ1v) is 28.7. The largest absolute Gasteiger partial charge is 0.458 e. The second kappa shape index (κ2) is 16.5. The van der Waals surface area contributed by atoms with E-state index in [9.17, 15) is 0 Å². The van der Waals surface area contributed by atoms with E-state index in [0.29, 0.717) is 0 Å². The average Bonchev–Trinajstić information content (AvgIpc) is 3.80. The fraction of sp³-hybridized carbons (Fsp3) is 0. The summed E-state index contributed by atoms with van der Waals surface area (Å²) in [6.45, 7) is -0.117. The van der Waals surface area contributed by atoms with Crippen LogP contribution in [0.1, 0.15) is 0 Å². The lowest BCUT2D eigenvalue weighted by molar-refractivity contribution is 0.487. The highest BCUT2D eigenvalue weighted by Crippen LogP contribution is 2.50. The number of para-hydroxylation sites is 4. The number of nitrogens with zero attached hydrogens (tertiary/aromatic N) is 4. The van der Waals surface area contributed by atoms with Crippen LogP contribution < -0.4 is 51.5 Å². The Morgan fingerprint density at radius 3 is 1.52 bits per heavy atom. The Hall–Kier alpha value is -9.53. The number of aromatic nitrogens is 1. The first kappa shape index (κ1) is 43.6. The van der Waals surface area contributed by atoms with Gasteiger partial charge < -0.3 is 24.0 Å². The van der Waals surface area contributed by atoms with Gasteiger partial charge in [-0.1, -0.05) is 146 Å². The van der Waals surface area contributed by atoms with E-state index in [-0.39, 0.29) is 13.4 Å². The molecule has 18 rings (SSSR count). The molecule has 5 nitrogen and oxygen atoms in total. The maximum absolute atomic E-state index is 6.84. The topological polar surface area (TPSA) is 23.9 Å². The summed E-state index contributed by atoms with van der Waals surface area (Å²) in [5.41, 5.74) is 21.4. The molecule has 0 saturated heterocycles. The predicted octanol–water partition coefficient (Wildman–Crippen LogP) is 15.4. The summed E-state index contributed by atoms with van der Waals surface area (Å²) in [6.07, 6.45) is 0. The second-order valence-corrected chi connectivity index (χ2v) is 23.3. The zero-order valence-electron chi connectivity index (χ0n) is 42.4. The summed E-state index contributed by atoms with van der Waals surface area (Å²) >= 11 is 3.80. The molecular weight excluding hydrogens is 999 g/mol. The van der Waals surface area contributed by atoms with Crippen LogP contribution in [0.15, 0.2) is 255 Å². The molecule has 0 aliphatic carbocycles. The van der Waals surface area contributed by atoms with Crippen molar-refractivity contribution in [3.05, 3.63) is 255 Å². The normalized spacial score (nSPS) is 13.5. The third-order valence-corrected chi connectivity index (χ3v) is 19.4. The van der Waals surface area contributed by atoms with E-state index in [1.165, 1.54) is 96.2 Å². The smallest absolute Gasteiger partial charge is 0.264 e. The molecular formula is C70H42B2N4OS2. The monoisotopic (exact) mass is 1040 g/mol. The Bertz CT molecular complexity index is 4860. The van der Waals surface area contributed by atoms with Crippen molar-refractivity contribution in [3.63, 3.8) is 0 Å². The van der Waals surface area contributed by atoms with Gasteiger partial charge in [-0.3, -0.25) is 0 Å². The van der Waals surface area contributed by atoms with Crippen molar-refractivity contribution in [1.82, 2.24) is 4.57 Å². The molecule has 11 aromatic carbocycles. The standard InChI is InChI=1S/C70H42B2N4OS2/c1-5-19-43(20-6-1)67-42-62-70(79-67)72-54-39-50-49-38-53-60(74(45-23-9-3-10-24-45)57-31-18-33-64-69(57)71(53)52-28-14-15-32-63(52)77-64)40-58(49)76(47-35-36-66-51(37-47)48-27-13-16-34-65(48)78-66)59(50)41-61(54)73(44-21-7-2-8-22-44)55-29-17-30-56(68(55)72)75(62)46-25-11-4-12-26-46/h1-42H. The van der Waals surface area contributed by atoms with Crippen molar-refractivity contribution in [2.45, 2.75) is 0 Å². The third kappa shape index (κ3) is 6.17. The van der Waals surface area contributed by atoms with Crippen molar-refractivity contribution in [2.24, 2.45) is 0 Å². The molecule has 0 radical (unpaired) electrons. The Kier molecular flexibility index (Phi) is 9.09. The average molecular weight is 1040 g/mol. The molecule has 14 aromatic rings. The Balaban J connectivity index is 0.982. The second-order valence-electron chi connectivity index (χ2n) is 21.1. The molecule has 3 aromatic heterocycles. The molecule has 0 N–H and O–H groups in total. The molecule has 79 heavy (non-hydrogen) atoms. The van der Waals surface area contributed by atoms with Crippen molar-refractivity contribution in [1.29, 1.82) is 0 Å². The lowest BCUT2D eigenvalue weighted by Crippen LogP contribution is -2.60. The number of fused-ring (bicyclic) bond motifs is 14. The van der Waals surface area contributed by atoms with Gasteiger partial charge in [0.25, 0.3) is 13.4 Å². The van der Waals surface area contributed by atoms with E-state index in [1.54, 1.807) is 0 Å². The molecule has 0 spiro atoms. The maximum Gasteiger partial charge on any atom is 0.264 e. The summed E-state index contributed by atoms with van der Waals surface area (Å²) < 4.78 is 13.3. The fourth-order valence-electron chi connectivity index (χ4n) is 13.7. The van der Waals surface area contributed by atoms with Gasteiger partial charge in [-0.15, -0.1) is 22.7 Å². The van der Waals surface area contributed by atoms with Crippen LogP contribution in [-0.2, 0) is 0 Å². The SMILES string of the molecule is c1ccc(-c2cc3c(s2)B2c4cc5c6cc7c(cc6n(-c6ccc8sc9ccccc9c8c6)c5cc4N(c4ccccc4)c4cccc(c42)N3c2ccccc2)N(c2ccccc2)c2cccc3c2B7c2ccccc2O3)cc1. The molecule has 0 saturated carbocycles. The number of anilines is 9. The lowest BCUT2D eigenvalue weighted by Gasteiger charge is -2.43. The Morgan fingerprint density at radius 2 is 0.848 bits per heavy atom. The Morgan fingerprint density at radius 1 is 0.316 bits per heavy atom. The van der Waals surface area contributed by atoms with Crippen LogP contribution in [0.25, 0.3) is 58.1 Å². The van der Waals surface area contributed by atoms with Crippen molar-refractivity contribution in [2.75, 3.05) is 14.7 Å². The van der Waals surface area contributed by atoms with Crippen LogP contribution in [0.2, 0.25) is 0 Å². The first-order chi connectivity index (χ1) is 39.2. The molecule has 7 heterocycles. The molecule has 0 amide bonds. The van der Waals surface area contributed by atoms with Crippen LogP contribution in [0, 0.1) is 0 Å².